The van der Waals surface area contributed by atoms with Crippen LogP contribution in [-0.4, -0.2) is 78.0 Å². The first-order chi connectivity index (χ1) is 14.1. The summed E-state index contributed by atoms with van der Waals surface area (Å²) in [6.45, 7) is 5.56. The Bertz CT molecular complexity index is 706. The molecule has 29 heavy (non-hydrogen) atoms. The summed E-state index contributed by atoms with van der Waals surface area (Å²) in [5, 5.41) is 2.89. The predicted molar refractivity (Wildman–Crippen MR) is 110 cm³/mol. The average molecular weight is 404 g/mol. The van der Waals surface area contributed by atoms with Gasteiger partial charge in [0.25, 0.3) is 5.91 Å². The van der Waals surface area contributed by atoms with Crippen LogP contribution in [0.1, 0.15) is 66.4 Å². The predicted octanol–water partition coefficient (Wildman–Crippen LogP) is 1.70. The fraction of sp³-hybridized carbons (Fsp3) is 0.714. The average Bonchev–Trinajstić information content (AvgIpc) is 2.74. The second-order valence-electron chi connectivity index (χ2n) is 7.89. The molecule has 1 atom stereocenters. The van der Waals surface area contributed by atoms with Gasteiger partial charge in [-0.1, -0.05) is 6.42 Å². The largest absolute Gasteiger partial charge is 0.383 e. The van der Waals surface area contributed by atoms with Crippen molar-refractivity contribution in [1.29, 1.82) is 0 Å². The summed E-state index contributed by atoms with van der Waals surface area (Å²) in [5.41, 5.74) is 1.37. The molecular formula is C21H33N5O3. The molecule has 2 aliphatic rings. The van der Waals surface area contributed by atoms with Crippen LogP contribution in [-0.2, 0) is 9.53 Å². The highest BCUT2D eigenvalue weighted by molar-refractivity contribution is 5.95. The van der Waals surface area contributed by atoms with Crippen molar-refractivity contribution in [2.75, 3.05) is 46.4 Å². The van der Waals surface area contributed by atoms with E-state index in [0.717, 1.165) is 57.4 Å². The standard InChI is InChI=1S/C21H33N5O3/c1-16-23-14-17(21(28)25-10-5-3-6-11-25)20(24-16)18-8-4-7-12-26(18)15-19(27)22-9-13-29-2/h14,18H,3-13,15H2,1-2H3,(H,22,27)/t18-/m0/s1. The van der Waals surface area contributed by atoms with E-state index >= 15 is 0 Å². The van der Waals surface area contributed by atoms with Gasteiger partial charge in [-0.2, -0.15) is 0 Å². The fourth-order valence-electron chi connectivity index (χ4n) is 4.20. The molecule has 0 aliphatic carbocycles. The third-order valence-electron chi connectivity index (χ3n) is 5.72. The van der Waals surface area contributed by atoms with Crippen LogP contribution in [0.2, 0.25) is 0 Å². The minimum atomic E-state index is -0.0395. The minimum absolute atomic E-state index is 0.0229. The molecule has 3 rings (SSSR count). The van der Waals surface area contributed by atoms with E-state index in [1.807, 2.05) is 11.8 Å². The van der Waals surface area contributed by atoms with E-state index in [9.17, 15) is 9.59 Å². The normalized spacial score (nSPS) is 20.5. The van der Waals surface area contributed by atoms with Gasteiger partial charge in [0.1, 0.15) is 5.82 Å². The topological polar surface area (TPSA) is 87.7 Å². The van der Waals surface area contributed by atoms with Crippen LogP contribution in [0, 0.1) is 6.92 Å². The highest BCUT2D eigenvalue weighted by Crippen LogP contribution is 2.32. The lowest BCUT2D eigenvalue weighted by Gasteiger charge is -2.36. The number of aryl methyl sites for hydroxylation is 1. The third-order valence-corrected chi connectivity index (χ3v) is 5.72. The Morgan fingerprint density at radius 2 is 1.93 bits per heavy atom. The molecule has 2 aliphatic heterocycles. The van der Waals surface area contributed by atoms with Gasteiger partial charge in [0.05, 0.1) is 30.5 Å². The number of hydrogen-bond donors (Lipinski definition) is 1. The number of carbonyl (C=O) groups is 2. The Morgan fingerprint density at radius 3 is 2.69 bits per heavy atom. The second-order valence-corrected chi connectivity index (χ2v) is 7.89. The molecule has 0 saturated carbocycles. The van der Waals surface area contributed by atoms with E-state index in [4.69, 9.17) is 9.72 Å². The molecule has 0 aromatic carbocycles. The van der Waals surface area contributed by atoms with Gasteiger partial charge in [-0.3, -0.25) is 14.5 Å². The Balaban J connectivity index is 1.79. The zero-order valence-corrected chi connectivity index (χ0v) is 17.7. The number of hydrogen-bond acceptors (Lipinski definition) is 6. The first kappa shape index (κ1) is 21.6. The monoisotopic (exact) mass is 403 g/mol. The summed E-state index contributed by atoms with van der Waals surface area (Å²) < 4.78 is 5.00. The van der Waals surface area contributed by atoms with E-state index < -0.39 is 0 Å². The quantitative estimate of drug-likeness (QED) is 0.697. The van der Waals surface area contributed by atoms with E-state index in [1.165, 1.54) is 6.42 Å². The maximum atomic E-state index is 13.2. The van der Waals surface area contributed by atoms with Crippen molar-refractivity contribution in [3.05, 3.63) is 23.3 Å². The first-order valence-electron chi connectivity index (χ1n) is 10.7. The Kier molecular flexibility index (Phi) is 7.94. The maximum absolute atomic E-state index is 13.2. The SMILES string of the molecule is COCCNC(=O)CN1CCCC[C@H]1c1nc(C)ncc1C(=O)N1CCCCC1. The summed E-state index contributed by atoms with van der Waals surface area (Å²) in [6, 6.07) is -0.0395. The molecule has 1 aromatic heterocycles. The number of methoxy groups -OCH3 is 1. The Morgan fingerprint density at radius 1 is 1.17 bits per heavy atom. The Labute approximate surface area is 173 Å². The lowest BCUT2D eigenvalue weighted by atomic mass is 9.95. The number of rotatable bonds is 7. The molecule has 3 heterocycles. The number of aromatic nitrogens is 2. The van der Waals surface area contributed by atoms with Crippen molar-refractivity contribution in [2.45, 2.75) is 51.5 Å². The van der Waals surface area contributed by atoms with Crippen molar-refractivity contribution in [3.63, 3.8) is 0 Å². The maximum Gasteiger partial charge on any atom is 0.257 e. The number of amides is 2. The number of piperidine rings is 2. The van der Waals surface area contributed by atoms with Gasteiger partial charge in [0.15, 0.2) is 0 Å². The van der Waals surface area contributed by atoms with Crippen LogP contribution >= 0.6 is 0 Å². The van der Waals surface area contributed by atoms with Crippen LogP contribution in [0.25, 0.3) is 0 Å². The van der Waals surface area contributed by atoms with Gasteiger partial charge < -0.3 is 15.0 Å². The van der Waals surface area contributed by atoms with E-state index in [-0.39, 0.29) is 17.9 Å². The van der Waals surface area contributed by atoms with Gasteiger partial charge in [-0.15, -0.1) is 0 Å². The third kappa shape index (κ3) is 5.73. The summed E-state index contributed by atoms with van der Waals surface area (Å²) in [4.78, 5) is 38.7. The molecule has 2 amide bonds. The van der Waals surface area contributed by atoms with Crippen LogP contribution in [0.15, 0.2) is 6.20 Å². The van der Waals surface area contributed by atoms with Crippen molar-refractivity contribution < 1.29 is 14.3 Å². The zero-order valence-electron chi connectivity index (χ0n) is 17.7. The van der Waals surface area contributed by atoms with Gasteiger partial charge in [-0.25, -0.2) is 9.97 Å². The molecule has 1 N–H and O–H groups in total. The van der Waals surface area contributed by atoms with Gasteiger partial charge in [0, 0.05) is 32.9 Å². The van der Waals surface area contributed by atoms with E-state index in [2.05, 4.69) is 15.2 Å². The molecule has 2 fully saturated rings. The minimum Gasteiger partial charge on any atom is -0.383 e. The van der Waals surface area contributed by atoms with Crippen molar-refractivity contribution in [3.8, 4) is 0 Å². The number of nitrogens with one attached hydrogen (secondary N) is 1. The lowest BCUT2D eigenvalue weighted by Crippen LogP contribution is -2.43. The number of ether oxygens (including phenoxy) is 1. The van der Waals surface area contributed by atoms with Crippen molar-refractivity contribution in [2.24, 2.45) is 0 Å². The molecule has 8 nitrogen and oxygen atoms in total. The Hall–Kier alpha value is -2.06. The van der Waals surface area contributed by atoms with Crippen molar-refractivity contribution in [1.82, 2.24) is 25.1 Å². The lowest BCUT2D eigenvalue weighted by molar-refractivity contribution is -0.123. The van der Waals surface area contributed by atoms with Gasteiger partial charge in [0.2, 0.25) is 5.91 Å². The fourth-order valence-corrected chi connectivity index (χ4v) is 4.20. The number of carbonyl (C=O) groups excluding carboxylic acids is 2. The van der Waals surface area contributed by atoms with E-state index in [0.29, 0.717) is 31.1 Å². The molecule has 0 unspecified atom stereocenters. The molecule has 0 bridgehead atoms. The number of likely N-dealkylation sites (tertiary alicyclic amines) is 2. The highest BCUT2D eigenvalue weighted by atomic mass is 16.5. The van der Waals surface area contributed by atoms with Gasteiger partial charge in [-0.05, 0) is 45.6 Å². The first-order valence-corrected chi connectivity index (χ1v) is 10.7. The number of nitrogens with zero attached hydrogens (tertiary/aromatic N) is 4. The summed E-state index contributed by atoms with van der Waals surface area (Å²) >= 11 is 0. The molecular weight excluding hydrogens is 370 g/mol. The summed E-state index contributed by atoms with van der Waals surface area (Å²) in [6.07, 6.45) is 7.95. The summed E-state index contributed by atoms with van der Waals surface area (Å²) in [5.74, 6) is 0.656. The van der Waals surface area contributed by atoms with Crippen molar-refractivity contribution >= 4 is 11.8 Å². The van der Waals surface area contributed by atoms with Crippen LogP contribution in [0.5, 0.6) is 0 Å². The second kappa shape index (κ2) is 10.6. The molecule has 8 heteroatoms. The molecule has 1 aromatic rings. The highest BCUT2D eigenvalue weighted by Gasteiger charge is 2.32. The summed E-state index contributed by atoms with van der Waals surface area (Å²) in [7, 11) is 1.62. The smallest absolute Gasteiger partial charge is 0.257 e. The zero-order chi connectivity index (χ0) is 20.6. The molecule has 0 radical (unpaired) electrons. The molecule has 2 saturated heterocycles. The molecule has 0 spiro atoms. The van der Waals surface area contributed by atoms with E-state index in [1.54, 1.807) is 13.3 Å². The van der Waals surface area contributed by atoms with Crippen LogP contribution < -0.4 is 5.32 Å². The molecule has 160 valence electrons. The van der Waals surface area contributed by atoms with Crippen LogP contribution in [0.3, 0.4) is 0 Å². The van der Waals surface area contributed by atoms with Gasteiger partial charge >= 0.3 is 0 Å². The van der Waals surface area contributed by atoms with Crippen LogP contribution in [0.4, 0.5) is 0 Å².